The van der Waals surface area contributed by atoms with Gasteiger partial charge in [0.05, 0.1) is 20.0 Å². The summed E-state index contributed by atoms with van der Waals surface area (Å²) in [5.41, 5.74) is 0. The van der Waals surface area contributed by atoms with Crippen LogP contribution < -0.4 is 5.32 Å². The van der Waals surface area contributed by atoms with Crippen molar-refractivity contribution in [1.29, 1.82) is 0 Å². The molecule has 5 atom stereocenters. The van der Waals surface area contributed by atoms with E-state index in [-0.39, 0.29) is 18.5 Å². The molecule has 2 fully saturated rings. The Labute approximate surface area is 202 Å². The molecule has 0 aromatic rings. The standard InChI is InChI=1S/C22H39NO10S/c1-15(24)23-18-20(33-34(5,26)27)19-16(14-30-22(2,3)32-19)31-21(18)29-13-11-9-7-6-8-10-12-17(25)28-4/h16,18-21H,6-14H2,1-5H3,(H,23,24)/t16-,18-,19-,20+,21-/m1/s1. The van der Waals surface area contributed by atoms with Gasteiger partial charge in [-0.05, 0) is 26.7 Å². The number of methoxy groups -OCH3 is 1. The van der Waals surface area contributed by atoms with Crippen LogP contribution in [0.3, 0.4) is 0 Å². The third-order valence-corrected chi connectivity index (χ3v) is 6.17. The fourth-order valence-corrected chi connectivity index (χ4v) is 4.68. The first-order valence-electron chi connectivity index (χ1n) is 11.7. The number of amides is 1. The molecule has 1 N–H and O–H groups in total. The topological polar surface area (TPSA) is 136 Å². The van der Waals surface area contributed by atoms with Gasteiger partial charge in [0.2, 0.25) is 5.91 Å². The molecule has 34 heavy (non-hydrogen) atoms. The third-order valence-electron chi connectivity index (χ3n) is 5.60. The van der Waals surface area contributed by atoms with E-state index in [4.69, 9.17) is 23.1 Å². The summed E-state index contributed by atoms with van der Waals surface area (Å²) in [6, 6.07) is -0.888. The van der Waals surface area contributed by atoms with Gasteiger partial charge in [-0.15, -0.1) is 0 Å². The van der Waals surface area contributed by atoms with Gasteiger partial charge in [-0.1, -0.05) is 25.7 Å². The molecule has 0 aromatic carbocycles. The van der Waals surface area contributed by atoms with Gasteiger partial charge in [0, 0.05) is 20.0 Å². The number of fused-ring (bicyclic) bond motifs is 1. The van der Waals surface area contributed by atoms with Crippen molar-refractivity contribution in [1.82, 2.24) is 5.32 Å². The van der Waals surface area contributed by atoms with Gasteiger partial charge >= 0.3 is 5.97 Å². The van der Waals surface area contributed by atoms with E-state index >= 15 is 0 Å². The zero-order valence-corrected chi connectivity index (χ0v) is 21.6. The van der Waals surface area contributed by atoms with Crippen molar-refractivity contribution in [3.8, 4) is 0 Å². The van der Waals surface area contributed by atoms with E-state index in [1.807, 2.05) is 0 Å². The number of esters is 1. The van der Waals surface area contributed by atoms with E-state index < -0.39 is 46.5 Å². The van der Waals surface area contributed by atoms with Gasteiger partial charge in [-0.2, -0.15) is 8.42 Å². The second-order valence-electron chi connectivity index (χ2n) is 9.15. The van der Waals surface area contributed by atoms with E-state index in [1.54, 1.807) is 13.8 Å². The maximum atomic E-state index is 12.0. The normalized spacial score (nSPS) is 28.7. The van der Waals surface area contributed by atoms with Gasteiger partial charge in [-0.3, -0.25) is 13.8 Å². The van der Waals surface area contributed by atoms with Crippen molar-refractivity contribution in [3.63, 3.8) is 0 Å². The van der Waals surface area contributed by atoms with E-state index in [9.17, 15) is 18.0 Å². The lowest BCUT2D eigenvalue weighted by Crippen LogP contribution is -2.69. The van der Waals surface area contributed by atoms with Crippen LogP contribution in [0.2, 0.25) is 0 Å². The molecule has 0 spiro atoms. The van der Waals surface area contributed by atoms with Gasteiger partial charge in [-0.25, -0.2) is 0 Å². The van der Waals surface area contributed by atoms with Crippen molar-refractivity contribution < 1.29 is 45.9 Å². The van der Waals surface area contributed by atoms with Crippen LogP contribution in [0, 0.1) is 0 Å². The van der Waals surface area contributed by atoms with Crippen LogP contribution in [-0.4, -0.2) is 83.3 Å². The molecule has 0 aliphatic carbocycles. The molecule has 12 heteroatoms. The highest BCUT2D eigenvalue weighted by molar-refractivity contribution is 7.86. The molecule has 0 saturated carbocycles. The molecule has 0 radical (unpaired) electrons. The van der Waals surface area contributed by atoms with Crippen LogP contribution in [-0.2, 0) is 47.6 Å². The van der Waals surface area contributed by atoms with E-state index in [0.29, 0.717) is 13.0 Å². The Morgan fingerprint density at radius 3 is 2.35 bits per heavy atom. The fourth-order valence-electron chi connectivity index (χ4n) is 4.05. The minimum absolute atomic E-state index is 0.166. The summed E-state index contributed by atoms with van der Waals surface area (Å²) in [5.74, 6) is -1.53. The van der Waals surface area contributed by atoms with Crippen molar-refractivity contribution >= 4 is 22.0 Å². The average molecular weight is 510 g/mol. The third kappa shape index (κ3) is 9.74. The highest BCUT2D eigenvalue weighted by atomic mass is 32.2. The SMILES string of the molecule is COC(=O)CCCCCCCCO[C@@H]1O[C@@H]2COC(C)(C)O[C@H]2[C@@H](OS(C)(=O)=O)[C@H]1NC(C)=O. The number of ether oxygens (including phenoxy) is 5. The molecule has 2 heterocycles. The van der Waals surface area contributed by atoms with Crippen molar-refractivity contribution in [2.45, 2.75) is 102 Å². The second kappa shape index (κ2) is 13.1. The van der Waals surface area contributed by atoms with Crippen LogP contribution in [0.1, 0.15) is 65.7 Å². The molecule has 0 bridgehead atoms. The van der Waals surface area contributed by atoms with Gasteiger partial charge in [0.1, 0.15) is 24.4 Å². The molecular weight excluding hydrogens is 470 g/mol. The van der Waals surface area contributed by atoms with Gasteiger partial charge in [0.25, 0.3) is 10.1 Å². The highest BCUT2D eigenvalue weighted by Gasteiger charge is 2.53. The lowest BCUT2D eigenvalue weighted by Gasteiger charge is -2.50. The minimum Gasteiger partial charge on any atom is -0.469 e. The molecule has 0 unspecified atom stereocenters. The average Bonchev–Trinajstić information content (AvgIpc) is 2.73. The summed E-state index contributed by atoms with van der Waals surface area (Å²) in [6.07, 6.45) is 3.46. The van der Waals surface area contributed by atoms with Crippen LogP contribution in [0.25, 0.3) is 0 Å². The molecule has 11 nitrogen and oxygen atoms in total. The van der Waals surface area contributed by atoms with E-state index in [2.05, 4.69) is 10.1 Å². The number of hydrogen-bond acceptors (Lipinski definition) is 10. The first kappa shape index (κ1) is 28.9. The molecule has 1 amide bonds. The number of unbranched alkanes of at least 4 members (excludes halogenated alkanes) is 5. The van der Waals surface area contributed by atoms with E-state index in [0.717, 1.165) is 44.8 Å². The smallest absolute Gasteiger partial charge is 0.305 e. The van der Waals surface area contributed by atoms with Crippen molar-refractivity contribution in [2.75, 3.05) is 26.6 Å². The number of nitrogens with one attached hydrogen (secondary N) is 1. The summed E-state index contributed by atoms with van der Waals surface area (Å²) in [4.78, 5) is 23.0. The lowest BCUT2D eigenvalue weighted by atomic mass is 9.95. The van der Waals surface area contributed by atoms with Crippen LogP contribution in [0.5, 0.6) is 0 Å². The Morgan fingerprint density at radius 2 is 1.74 bits per heavy atom. The Bertz CT molecular complexity index is 772. The molecule has 0 aromatic heterocycles. The molecule has 2 aliphatic heterocycles. The number of rotatable bonds is 13. The van der Waals surface area contributed by atoms with Crippen LogP contribution >= 0.6 is 0 Å². The number of carbonyl (C=O) groups is 2. The van der Waals surface area contributed by atoms with E-state index in [1.165, 1.54) is 14.0 Å². The van der Waals surface area contributed by atoms with Gasteiger partial charge in [0.15, 0.2) is 12.1 Å². The predicted molar refractivity (Wildman–Crippen MR) is 121 cm³/mol. The minimum atomic E-state index is -3.86. The maximum absolute atomic E-state index is 12.0. The Kier molecular flexibility index (Phi) is 11.2. The molecule has 198 valence electrons. The first-order chi connectivity index (χ1) is 15.9. The maximum Gasteiger partial charge on any atom is 0.305 e. The Morgan fingerprint density at radius 1 is 1.09 bits per heavy atom. The first-order valence-corrected chi connectivity index (χ1v) is 13.5. The lowest BCUT2D eigenvalue weighted by molar-refractivity contribution is -0.366. The zero-order valence-electron chi connectivity index (χ0n) is 20.7. The monoisotopic (exact) mass is 509 g/mol. The molecule has 2 aliphatic rings. The summed E-state index contributed by atoms with van der Waals surface area (Å²) < 4.78 is 57.6. The summed E-state index contributed by atoms with van der Waals surface area (Å²) in [7, 11) is -2.47. The second-order valence-corrected chi connectivity index (χ2v) is 10.7. The molecule has 2 saturated heterocycles. The van der Waals surface area contributed by atoms with Gasteiger partial charge < -0.3 is 29.0 Å². The Hall–Kier alpha value is -1.31. The summed E-state index contributed by atoms with van der Waals surface area (Å²) in [5, 5.41) is 2.72. The fraction of sp³-hybridized carbons (Fsp3) is 0.909. The largest absolute Gasteiger partial charge is 0.469 e. The predicted octanol–water partition coefficient (Wildman–Crippen LogP) is 1.63. The number of carbonyl (C=O) groups excluding carboxylic acids is 2. The molecular formula is C22H39NO10S. The summed E-state index contributed by atoms with van der Waals surface area (Å²) in [6.45, 7) is 5.28. The molecule has 2 rings (SSSR count). The number of hydrogen-bond donors (Lipinski definition) is 1. The quantitative estimate of drug-likeness (QED) is 0.222. The highest BCUT2D eigenvalue weighted by Crippen LogP contribution is 2.35. The Balaban J connectivity index is 1.93. The summed E-state index contributed by atoms with van der Waals surface area (Å²) >= 11 is 0. The van der Waals surface area contributed by atoms with Crippen LogP contribution in [0.15, 0.2) is 0 Å². The van der Waals surface area contributed by atoms with Crippen molar-refractivity contribution in [2.24, 2.45) is 0 Å². The van der Waals surface area contributed by atoms with Crippen LogP contribution in [0.4, 0.5) is 0 Å². The van der Waals surface area contributed by atoms with Crippen molar-refractivity contribution in [3.05, 3.63) is 0 Å². The zero-order chi connectivity index (χ0) is 25.4.